The molecule has 1 aromatic rings. The van der Waals surface area contributed by atoms with Gasteiger partial charge in [-0.3, -0.25) is 23.8 Å². The second kappa shape index (κ2) is 9.14. The SMILES string of the molecule is CCCCCO[C@]12CS(=O)(=O)O[C@@]13[C@@H](CN2)O[C@@H](n1cc(C)c(=O)[nH]c1=O)[C@@H]3O[Si](C)(C)C(C)(C)C. The third-order valence-electron chi connectivity index (χ3n) is 8.06. The second-order valence-electron chi connectivity index (χ2n) is 11.6. The summed E-state index contributed by atoms with van der Waals surface area (Å²) in [7, 11) is -6.56. The summed E-state index contributed by atoms with van der Waals surface area (Å²) >= 11 is 0. The fraction of sp³-hybridized carbons (Fsp3) is 0.826. The highest BCUT2D eigenvalue weighted by atomic mass is 32.2. The maximum Gasteiger partial charge on any atom is 0.330 e. The zero-order valence-corrected chi connectivity index (χ0v) is 24.0. The number of aryl methyl sites for hydroxylation is 1. The van der Waals surface area contributed by atoms with E-state index in [2.05, 4.69) is 38.0 Å². The van der Waals surface area contributed by atoms with Crippen LogP contribution >= 0.6 is 0 Å². The molecule has 0 unspecified atom stereocenters. The number of aromatic nitrogens is 2. The summed E-state index contributed by atoms with van der Waals surface area (Å²) in [4.78, 5) is 27.3. The molecule has 204 valence electrons. The number of rotatable bonds is 8. The van der Waals surface area contributed by atoms with Crippen molar-refractivity contribution in [3.63, 3.8) is 0 Å². The van der Waals surface area contributed by atoms with Crippen LogP contribution in [0.2, 0.25) is 18.1 Å². The van der Waals surface area contributed by atoms with E-state index in [0.717, 1.165) is 19.3 Å². The first kappa shape index (κ1) is 27.7. The summed E-state index contributed by atoms with van der Waals surface area (Å²) in [6.07, 6.45) is 1.33. The molecule has 3 aliphatic rings. The van der Waals surface area contributed by atoms with Crippen LogP contribution < -0.4 is 16.6 Å². The highest BCUT2D eigenvalue weighted by molar-refractivity contribution is 7.87. The Bertz CT molecular complexity index is 1220. The van der Waals surface area contributed by atoms with Gasteiger partial charge in [-0.1, -0.05) is 40.5 Å². The quantitative estimate of drug-likeness (QED) is 0.284. The fourth-order valence-electron chi connectivity index (χ4n) is 5.07. The maximum atomic E-state index is 13.0. The van der Waals surface area contributed by atoms with E-state index in [0.29, 0.717) is 12.2 Å². The molecule has 4 heterocycles. The smallest absolute Gasteiger partial charge is 0.330 e. The Kier molecular flexibility index (Phi) is 7.02. The molecule has 0 bridgehead atoms. The Morgan fingerprint density at radius 1 is 1.25 bits per heavy atom. The van der Waals surface area contributed by atoms with E-state index in [9.17, 15) is 18.0 Å². The van der Waals surface area contributed by atoms with Gasteiger partial charge in [-0.15, -0.1) is 0 Å². The first-order chi connectivity index (χ1) is 16.6. The number of H-pyrrole nitrogens is 1. The minimum absolute atomic E-state index is 0.230. The fourth-order valence-corrected chi connectivity index (χ4v) is 8.08. The zero-order chi connectivity index (χ0) is 26.7. The lowest BCUT2D eigenvalue weighted by atomic mass is 9.85. The van der Waals surface area contributed by atoms with Gasteiger partial charge in [-0.05, 0) is 31.5 Å². The van der Waals surface area contributed by atoms with Gasteiger partial charge in [0.1, 0.15) is 18.0 Å². The first-order valence-electron chi connectivity index (χ1n) is 12.6. The molecule has 1 spiro atoms. The largest absolute Gasteiger partial charge is 0.406 e. The Hall–Kier alpha value is -1.35. The average molecular weight is 546 g/mol. The summed E-state index contributed by atoms with van der Waals surface area (Å²) in [5, 5.41) is 3.03. The highest BCUT2D eigenvalue weighted by Gasteiger charge is 2.80. The van der Waals surface area contributed by atoms with Gasteiger partial charge in [0.15, 0.2) is 25.9 Å². The Labute approximate surface area is 213 Å². The van der Waals surface area contributed by atoms with Gasteiger partial charge in [0.2, 0.25) is 0 Å². The molecule has 3 aliphatic heterocycles. The van der Waals surface area contributed by atoms with Crippen molar-refractivity contribution in [1.29, 1.82) is 0 Å². The van der Waals surface area contributed by atoms with Crippen molar-refractivity contribution in [2.45, 2.75) is 102 Å². The average Bonchev–Trinajstić information content (AvgIpc) is 3.28. The second-order valence-corrected chi connectivity index (χ2v) is 18.0. The molecule has 11 nitrogen and oxygen atoms in total. The highest BCUT2D eigenvalue weighted by Crippen LogP contribution is 2.57. The van der Waals surface area contributed by atoms with E-state index < -0.39 is 65.2 Å². The van der Waals surface area contributed by atoms with Gasteiger partial charge in [-0.25, -0.2) is 4.79 Å². The first-order valence-corrected chi connectivity index (χ1v) is 17.1. The van der Waals surface area contributed by atoms with E-state index in [1.54, 1.807) is 6.92 Å². The van der Waals surface area contributed by atoms with E-state index in [4.69, 9.17) is 18.1 Å². The third-order valence-corrected chi connectivity index (χ3v) is 13.8. The number of hydrogen-bond donors (Lipinski definition) is 2. The summed E-state index contributed by atoms with van der Waals surface area (Å²) in [5.74, 6) is -0.393. The predicted molar refractivity (Wildman–Crippen MR) is 136 cm³/mol. The van der Waals surface area contributed by atoms with Crippen LogP contribution in [0, 0.1) is 6.92 Å². The van der Waals surface area contributed by atoms with Crippen molar-refractivity contribution < 1.29 is 26.5 Å². The molecule has 0 radical (unpaired) electrons. The van der Waals surface area contributed by atoms with Gasteiger partial charge in [0.25, 0.3) is 15.7 Å². The zero-order valence-electron chi connectivity index (χ0n) is 22.2. The van der Waals surface area contributed by atoms with Gasteiger partial charge in [-0.2, -0.15) is 8.42 Å². The maximum absolute atomic E-state index is 13.0. The van der Waals surface area contributed by atoms with Crippen LogP contribution in [-0.4, -0.2) is 68.7 Å². The van der Waals surface area contributed by atoms with Gasteiger partial charge < -0.3 is 13.9 Å². The lowest BCUT2D eigenvalue weighted by Crippen LogP contribution is -2.66. The minimum Gasteiger partial charge on any atom is -0.406 e. The molecule has 3 saturated heterocycles. The molecular formula is C23H39N3O8SSi. The topological polar surface area (TPSA) is 138 Å². The Morgan fingerprint density at radius 2 is 1.94 bits per heavy atom. The van der Waals surface area contributed by atoms with Crippen LogP contribution in [0.3, 0.4) is 0 Å². The van der Waals surface area contributed by atoms with Crippen LogP contribution in [-0.2, 0) is 28.2 Å². The number of nitrogens with one attached hydrogen (secondary N) is 2. The minimum atomic E-state index is -4.00. The van der Waals surface area contributed by atoms with Crippen LogP contribution in [0.15, 0.2) is 15.8 Å². The molecule has 0 aliphatic carbocycles. The molecule has 0 saturated carbocycles. The lowest BCUT2D eigenvalue weighted by Gasteiger charge is -2.45. The molecule has 36 heavy (non-hydrogen) atoms. The van der Waals surface area contributed by atoms with Gasteiger partial charge in [0, 0.05) is 24.9 Å². The molecule has 2 N–H and O–H groups in total. The van der Waals surface area contributed by atoms with E-state index in [1.807, 2.05) is 13.1 Å². The lowest BCUT2D eigenvalue weighted by molar-refractivity contribution is -0.169. The van der Waals surface area contributed by atoms with Crippen molar-refractivity contribution >= 4 is 18.4 Å². The van der Waals surface area contributed by atoms with E-state index >= 15 is 0 Å². The number of ether oxygens (including phenoxy) is 2. The van der Waals surface area contributed by atoms with Crippen molar-refractivity contribution in [2.24, 2.45) is 0 Å². The molecule has 1 aromatic heterocycles. The third kappa shape index (κ3) is 4.36. The molecule has 5 atom stereocenters. The molecule has 0 amide bonds. The summed E-state index contributed by atoms with van der Waals surface area (Å²) < 4.78 is 52.9. The van der Waals surface area contributed by atoms with Crippen LogP contribution in [0.5, 0.6) is 0 Å². The van der Waals surface area contributed by atoms with Crippen LogP contribution in [0.4, 0.5) is 0 Å². The van der Waals surface area contributed by atoms with Crippen molar-refractivity contribution in [1.82, 2.24) is 14.9 Å². The molecular weight excluding hydrogens is 506 g/mol. The number of nitrogens with zero attached hydrogens (tertiary/aromatic N) is 1. The Morgan fingerprint density at radius 3 is 2.58 bits per heavy atom. The molecule has 0 aromatic carbocycles. The monoisotopic (exact) mass is 545 g/mol. The number of unbranched alkanes of at least 4 members (excludes halogenated alkanes) is 2. The van der Waals surface area contributed by atoms with Crippen LogP contribution in [0.1, 0.15) is 58.7 Å². The summed E-state index contributed by atoms with van der Waals surface area (Å²) in [5.41, 5.74) is -3.78. The molecule has 3 fully saturated rings. The summed E-state index contributed by atoms with van der Waals surface area (Å²) in [6, 6.07) is 0. The van der Waals surface area contributed by atoms with Crippen molar-refractivity contribution in [3.8, 4) is 0 Å². The number of aromatic amines is 1. The predicted octanol–water partition coefficient (Wildman–Crippen LogP) is 1.74. The Balaban J connectivity index is 1.87. The van der Waals surface area contributed by atoms with Gasteiger partial charge in [0.05, 0.1) is 0 Å². The standard InChI is InChI=1S/C23H39N3O8SSi/c1-8-9-10-11-31-22-14-35(29,30)34-23(22)16(12-24-22)32-19(17(23)33-36(6,7)21(3,4)5)26-13-15(2)18(27)25-20(26)28/h13,16-17,19,24H,8-12,14H2,1-7H3,(H,25,27,28)/t16-,17+,19-,22-,23-/m1/s1. The number of hydrogen-bond acceptors (Lipinski definition) is 9. The molecule has 13 heteroatoms. The van der Waals surface area contributed by atoms with E-state index in [-0.39, 0.29) is 11.6 Å². The van der Waals surface area contributed by atoms with Crippen LogP contribution in [0.25, 0.3) is 0 Å². The van der Waals surface area contributed by atoms with Crippen molar-refractivity contribution in [2.75, 3.05) is 18.9 Å². The summed E-state index contributed by atoms with van der Waals surface area (Å²) in [6.45, 7) is 14.6. The van der Waals surface area contributed by atoms with Gasteiger partial charge >= 0.3 is 5.69 Å². The van der Waals surface area contributed by atoms with Crippen molar-refractivity contribution in [3.05, 3.63) is 32.6 Å². The normalized spacial score (nSPS) is 33.6. The molecule has 4 rings (SSSR count). The van der Waals surface area contributed by atoms with E-state index in [1.165, 1.54) is 10.8 Å².